The molecule has 2 heterocycles. The number of hydrogen-bond acceptors (Lipinski definition) is 4. The molecule has 1 aliphatic heterocycles. The summed E-state index contributed by atoms with van der Waals surface area (Å²) in [6, 6.07) is 24.6. The molecular formula is C26H25BrN4O2S. The fourth-order valence-electron chi connectivity index (χ4n) is 4.51. The van der Waals surface area contributed by atoms with Gasteiger partial charge in [-0.2, -0.15) is 4.31 Å². The molecule has 1 aliphatic rings. The summed E-state index contributed by atoms with van der Waals surface area (Å²) in [5.41, 5.74) is 3.99. The van der Waals surface area contributed by atoms with Gasteiger partial charge in [0.15, 0.2) is 0 Å². The maximum Gasteiger partial charge on any atom is 0.243 e. The second-order valence-electron chi connectivity index (χ2n) is 8.42. The highest BCUT2D eigenvalue weighted by Crippen LogP contribution is 2.34. The lowest BCUT2D eigenvalue weighted by molar-refractivity contribution is 0.318. The third-order valence-corrected chi connectivity index (χ3v) is 8.52. The molecule has 0 amide bonds. The van der Waals surface area contributed by atoms with E-state index in [4.69, 9.17) is 0 Å². The van der Waals surface area contributed by atoms with Crippen LogP contribution in [0.25, 0.3) is 0 Å². The van der Waals surface area contributed by atoms with Gasteiger partial charge < -0.3 is 9.88 Å². The lowest BCUT2D eigenvalue weighted by Crippen LogP contribution is -2.45. The first-order valence-corrected chi connectivity index (χ1v) is 13.4. The van der Waals surface area contributed by atoms with Gasteiger partial charge in [0.2, 0.25) is 10.0 Å². The summed E-state index contributed by atoms with van der Waals surface area (Å²) >= 11 is 3.58. The summed E-state index contributed by atoms with van der Waals surface area (Å²) in [4.78, 5) is 9.99. The van der Waals surface area contributed by atoms with Crippen LogP contribution in [0.3, 0.4) is 0 Å². The van der Waals surface area contributed by atoms with Gasteiger partial charge in [-0.05, 0) is 47.9 Å². The van der Waals surface area contributed by atoms with Crippen molar-refractivity contribution in [1.82, 2.24) is 14.3 Å². The van der Waals surface area contributed by atoms with Gasteiger partial charge >= 0.3 is 0 Å². The van der Waals surface area contributed by atoms with Crippen LogP contribution in [0.4, 0.5) is 5.69 Å². The maximum absolute atomic E-state index is 13.9. The summed E-state index contributed by atoms with van der Waals surface area (Å²) in [5, 5.41) is 0. The molecule has 0 spiro atoms. The number of imidazole rings is 1. The van der Waals surface area contributed by atoms with Gasteiger partial charge in [0.05, 0.1) is 23.5 Å². The third-order valence-electron chi connectivity index (χ3n) is 6.12. The highest BCUT2D eigenvalue weighted by molar-refractivity contribution is 9.10. The van der Waals surface area contributed by atoms with Crippen LogP contribution >= 0.6 is 15.9 Å². The molecule has 0 saturated carbocycles. The predicted octanol–water partition coefficient (Wildman–Crippen LogP) is 4.99. The Morgan fingerprint density at radius 3 is 2.44 bits per heavy atom. The Labute approximate surface area is 208 Å². The van der Waals surface area contributed by atoms with E-state index in [9.17, 15) is 8.42 Å². The number of hydrogen-bond donors (Lipinski definition) is 1. The van der Waals surface area contributed by atoms with Gasteiger partial charge in [-0.25, -0.2) is 13.4 Å². The molecule has 1 atom stereocenters. The van der Waals surface area contributed by atoms with E-state index in [1.165, 1.54) is 0 Å². The summed E-state index contributed by atoms with van der Waals surface area (Å²) in [5.74, 6) is 0. The zero-order chi connectivity index (χ0) is 23.5. The van der Waals surface area contributed by atoms with Gasteiger partial charge in [0.1, 0.15) is 0 Å². The number of nitrogens with one attached hydrogen (secondary N) is 1. The molecule has 1 aromatic heterocycles. The monoisotopic (exact) mass is 536 g/mol. The van der Waals surface area contributed by atoms with Crippen molar-refractivity contribution in [3.8, 4) is 0 Å². The number of sulfonamides is 1. The smallest absolute Gasteiger partial charge is 0.243 e. The van der Waals surface area contributed by atoms with E-state index in [0.717, 1.165) is 27.0 Å². The van der Waals surface area contributed by atoms with Gasteiger partial charge in [0, 0.05) is 35.5 Å². The minimum Gasteiger partial charge on any atom is -0.364 e. The summed E-state index contributed by atoms with van der Waals surface area (Å²) in [6.45, 7) is 1.42. The normalized spacial score (nSPS) is 16.7. The number of rotatable bonds is 6. The molecule has 5 rings (SSSR count). The minimum absolute atomic E-state index is 0.266. The topological polar surface area (TPSA) is 69.3 Å². The first kappa shape index (κ1) is 22.8. The molecule has 34 heavy (non-hydrogen) atoms. The van der Waals surface area contributed by atoms with Gasteiger partial charge in [-0.15, -0.1) is 0 Å². The van der Waals surface area contributed by atoms with Crippen molar-refractivity contribution in [2.24, 2.45) is 0 Å². The molecule has 8 heteroatoms. The van der Waals surface area contributed by atoms with Crippen LogP contribution in [0.1, 0.15) is 16.8 Å². The van der Waals surface area contributed by atoms with Crippen molar-refractivity contribution in [2.75, 3.05) is 11.4 Å². The zero-order valence-electron chi connectivity index (χ0n) is 18.5. The first-order chi connectivity index (χ1) is 16.5. The quantitative estimate of drug-likeness (QED) is 0.376. The fraction of sp³-hybridized carbons (Fsp3) is 0.192. The Balaban J connectivity index is 1.61. The van der Waals surface area contributed by atoms with E-state index in [1.807, 2.05) is 42.6 Å². The van der Waals surface area contributed by atoms with E-state index in [1.54, 1.807) is 34.9 Å². The Bertz CT molecular complexity index is 1350. The van der Waals surface area contributed by atoms with E-state index < -0.39 is 10.0 Å². The second-order valence-corrected chi connectivity index (χ2v) is 11.2. The number of anilines is 1. The highest BCUT2D eigenvalue weighted by atomic mass is 79.9. The van der Waals surface area contributed by atoms with Gasteiger partial charge in [-0.3, -0.25) is 0 Å². The predicted molar refractivity (Wildman–Crippen MR) is 137 cm³/mol. The first-order valence-electron chi connectivity index (χ1n) is 11.1. The molecule has 4 aromatic rings. The average molecular weight is 537 g/mol. The van der Waals surface area contributed by atoms with Crippen molar-refractivity contribution >= 4 is 31.6 Å². The Hall–Kier alpha value is -2.94. The Morgan fingerprint density at radius 1 is 1.00 bits per heavy atom. The van der Waals surface area contributed by atoms with Crippen molar-refractivity contribution in [2.45, 2.75) is 30.4 Å². The van der Waals surface area contributed by atoms with E-state index in [-0.39, 0.29) is 6.04 Å². The lowest BCUT2D eigenvalue weighted by Gasteiger charge is -2.32. The molecule has 0 radical (unpaired) electrons. The largest absolute Gasteiger partial charge is 0.364 e. The Morgan fingerprint density at radius 2 is 1.74 bits per heavy atom. The molecule has 174 valence electrons. The van der Waals surface area contributed by atoms with Crippen LogP contribution in [0, 0.1) is 0 Å². The van der Waals surface area contributed by atoms with Crippen molar-refractivity contribution < 1.29 is 8.42 Å². The third kappa shape index (κ3) is 4.80. The average Bonchev–Trinajstić information content (AvgIpc) is 3.31. The zero-order valence-corrected chi connectivity index (χ0v) is 20.9. The number of aromatic amines is 1. The number of fused-ring (bicyclic) bond motifs is 1. The molecule has 0 aliphatic carbocycles. The molecule has 1 unspecified atom stereocenters. The second kappa shape index (κ2) is 9.74. The van der Waals surface area contributed by atoms with Crippen LogP contribution < -0.4 is 4.90 Å². The molecule has 0 fully saturated rings. The minimum atomic E-state index is -3.73. The summed E-state index contributed by atoms with van der Waals surface area (Å²) in [7, 11) is -3.73. The SMILES string of the molecule is O=S(=O)(c1ccccc1)N1Cc2cc(Br)ccc2N(Cc2c[nH]cn2)CC1Cc1ccccc1. The number of benzene rings is 3. The van der Waals surface area contributed by atoms with Crippen LogP contribution in [0.5, 0.6) is 0 Å². The van der Waals surface area contributed by atoms with Gasteiger partial charge in [-0.1, -0.05) is 64.5 Å². The van der Waals surface area contributed by atoms with Crippen LogP contribution in [0.2, 0.25) is 0 Å². The van der Waals surface area contributed by atoms with Crippen molar-refractivity contribution in [3.05, 3.63) is 113 Å². The number of H-pyrrole nitrogens is 1. The summed E-state index contributed by atoms with van der Waals surface area (Å²) < 4.78 is 30.5. The molecule has 6 nitrogen and oxygen atoms in total. The highest BCUT2D eigenvalue weighted by Gasteiger charge is 2.36. The molecule has 3 aromatic carbocycles. The van der Waals surface area contributed by atoms with E-state index in [0.29, 0.717) is 31.0 Å². The van der Waals surface area contributed by atoms with Crippen LogP contribution in [-0.4, -0.2) is 35.3 Å². The van der Waals surface area contributed by atoms with Crippen molar-refractivity contribution in [1.29, 1.82) is 0 Å². The molecule has 1 N–H and O–H groups in total. The molecule has 0 bridgehead atoms. The molecule has 0 saturated heterocycles. The number of aromatic nitrogens is 2. The molecular weight excluding hydrogens is 512 g/mol. The van der Waals surface area contributed by atoms with E-state index in [2.05, 4.69) is 49.0 Å². The summed E-state index contributed by atoms with van der Waals surface area (Å²) in [6.07, 6.45) is 4.16. The number of nitrogens with zero attached hydrogens (tertiary/aromatic N) is 3. The van der Waals surface area contributed by atoms with Crippen molar-refractivity contribution in [3.63, 3.8) is 0 Å². The standard InChI is InChI=1S/C26H25BrN4O2S/c27-22-11-12-26-21(14-22)16-31(34(32,33)25-9-5-2-6-10-25)24(13-20-7-3-1-4-8-20)18-30(26)17-23-15-28-19-29-23/h1-12,14-15,19,24H,13,16-18H2,(H,28,29). The maximum atomic E-state index is 13.9. The Kier molecular flexibility index (Phi) is 6.54. The van der Waals surface area contributed by atoms with Crippen LogP contribution in [-0.2, 0) is 29.5 Å². The fourth-order valence-corrected chi connectivity index (χ4v) is 6.54. The lowest BCUT2D eigenvalue weighted by atomic mass is 10.1. The number of halogens is 1. The van der Waals surface area contributed by atoms with E-state index >= 15 is 0 Å². The van der Waals surface area contributed by atoms with Gasteiger partial charge in [0.25, 0.3) is 0 Å². The van der Waals surface area contributed by atoms with Crippen LogP contribution in [0.15, 0.2) is 101 Å².